The normalized spacial score (nSPS) is 11.6. The van der Waals surface area contributed by atoms with Gasteiger partial charge in [0.15, 0.2) is 0 Å². The molecule has 0 aliphatic heterocycles. The van der Waals surface area contributed by atoms with Gasteiger partial charge in [0.2, 0.25) is 4.80 Å². The van der Waals surface area contributed by atoms with Crippen LogP contribution in [-0.4, -0.2) is 20.8 Å². The number of aromatic nitrogens is 2. The maximum absolute atomic E-state index is 10.5. The molecule has 1 amide bonds. The van der Waals surface area contributed by atoms with Crippen LogP contribution in [0.25, 0.3) is 5.82 Å². The zero-order valence-electron chi connectivity index (χ0n) is 7.57. The molecule has 0 aliphatic rings. The molecule has 2 aromatic rings. The van der Waals surface area contributed by atoms with Crippen LogP contribution in [0.5, 0.6) is 0 Å². The average molecular weight is 221 g/mol. The lowest BCUT2D eigenvalue weighted by Crippen LogP contribution is -2.14. The SMILES string of the molecule is O=C(O)/N=c1/sccn1-c1ccccn1. The zero-order valence-corrected chi connectivity index (χ0v) is 8.39. The summed E-state index contributed by atoms with van der Waals surface area (Å²) in [4.78, 5) is 18.4. The highest BCUT2D eigenvalue weighted by Crippen LogP contribution is 2.01. The Morgan fingerprint density at radius 1 is 1.53 bits per heavy atom. The van der Waals surface area contributed by atoms with Crippen molar-refractivity contribution in [2.24, 2.45) is 4.99 Å². The molecular weight excluding hydrogens is 214 g/mol. The van der Waals surface area contributed by atoms with Crippen molar-refractivity contribution in [3.05, 3.63) is 40.8 Å². The van der Waals surface area contributed by atoms with Crippen molar-refractivity contribution < 1.29 is 9.90 Å². The van der Waals surface area contributed by atoms with Crippen LogP contribution in [0.15, 0.2) is 41.0 Å². The van der Waals surface area contributed by atoms with Crippen LogP contribution in [0, 0.1) is 0 Å². The number of nitrogens with zero attached hydrogens (tertiary/aromatic N) is 3. The Morgan fingerprint density at radius 3 is 3.07 bits per heavy atom. The summed E-state index contributed by atoms with van der Waals surface area (Å²) in [7, 11) is 0. The summed E-state index contributed by atoms with van der Waals surface area (Å²) in [6.07, 6.45) is 2.17. The van der Waals surface area contributed by atoms with Crippen LogP contribution in [0.3, 0.4) is 0 Å². The maximum atomic E-state index is 10.5. The Morgan fingerprint density at radius 2 is 2.40 bits per heavy atom. The average Bonchev–Trinajstić information content (AvgIpc) is 2.66. The van der Waals surface area contributed by atoms with Gasteiger partial charge in [-0.3, -0.25) is 4.57 Å². The Hall–Kier alpha value is -1.95. The van der Waals surface area contributed by atoms with Gasteiger partial charge < -0.3 is 5.11 Å². The number of carbonyl (C=O) groups is 1. The number of rotatable bonds is 1. The minimum atomic E-state index is -1.21. The summed E-state index contributed by atoms with van der Waals surface area (Å²) < 4.78 is 1.62. The lowest BCUT2D eigenvalue weighted by molar-refractivity contribution is 0.204. The van der Waals surface area contributed by atoms with Gasteiger partial charge in [0.05, 0.1) is 0 Å². The van der Waals surface area contributed by atoms with Crippen LogP contribution in [-0.2, 0) is 0 Å². The predicted molar refractivity (Wildman–Crippen MR) is 55.0 cm³/mol. The lowest BCUT2D eigenvalue weighted by atomic mass is 10.5. The molecular formula is C9H7N3O2S. The van der Waals surface area contributed by atoms with E-state index < -0.39 is 6.09 Å². The second kappa shape index (κ2) is 4.05. The minimum Gasteiger partial charge on any atom is -0.463 e. The van der Waals surface area contributed by atoms with Crippen molar-refractivity contribution in [3.8, 4) is 5.82 Å². The minimum absolute atomic E-state index is 0.390. The van der Waals surface area contributed by atoms with Crippen LogP contribution < -0.4 is 4.80 Å². The first-order chi connectivity index (χ1) is 7.27. The molecule has 15 heavy (non-hydrogen) atoms. The first-order valence-corrected chi connectivity index (χ1v) is 5.00. The molecule has 0 spiro atoms. The lowest BCUT2D eigenvalue weighted by Gasteiger charge is -1.98. The first kappa shape index (κ1) is 9.60. The predicted octanol–water partition coefficient (Wildman–Crippen LogP) is 1.51. The second-order valence-electron chi connectivity index (χ2n) is 2.64. The van der Waals surface area contributed by atoms with E-state index in [2.05, 4.69) is 9.98 Å². The molecule has 1 N–H and O–H groups in total. The topological polar surface area (TPSA) is 67.5 Å². The van der Waals surface area contributed by atoms with E-state index in [1.807, 2.05) is 6.07 Å². The molecule has 0 radical (unpaired) electrons. The van der Waals surface area contributed by atoms with E-state index in [1.165, 1.54) is 11.3 Å². The molecule has 0 fully saturated rings. The number of hydrogen-bond acceptors (Lipinski definition) is 3. The quantitative estimate of drug-likeness (QED) is 0.793. The Labute approximate surface area is 89.0 Å². The van der Waals surface area contributed by atoms with E-state index in [0.717, 1.165) is 0 Å². The summed E-state index contributed by atoms with van der Waals surface area (Å²) in [6, 6.07) is 5.41. The summed E-state index contributed by atoms with van der Waals surface area (Å²) >= 11 is 1.25. The van der Waals surface area contributed by atoms with E-state index in [0.29, 0.717) is 10.6 Å². The molecule has 76 valence electrons. The highest BCUT2D eigenvalue weighted by atomic mass is 32.1. The highest BCUT2D eigenvalue weighted by molar-refractivity contribution is 7.07. The molecule has 0 saturated heterocycles. The van der Waals surface area contributed by atoms with Gasteiger partial charge in [0, 0.05) is 17.8 Å². The smallest absolute Gasteiger partial charge is 0.433 e. The fourth-order valence-electron chi connectivity index (χ4n) is 1.11. The molecule has 5 nitrogen and oxygen atoms in total. The van der Waals surface area contributed by atoms with Crippen molar-refractivity contribution in [2.45, 2.75) is 0 Å². The molecule has 0 aliphatic carbocycles. The number of amides is 1. The third-order valence-electron chi connectivity index (χ3n) is 1.68. The molecule has 2 aromatic heterocycles. The molecule has 2 heterocycles. The van der Waals surface area contributed by atoms with Gasteiger partial charge in [-0.05, 0) is 12.1 Å². The van der Waals surface area contributed by atoms with E-state index in [4.69, 9.17) is 5.11 Å². The third-order valence-corrected chi connectivity index (χ3v) is 2.43. The zero-order chi connectivity index (χ0) is 10.7. The summed E-state index contributed by atoms with van der Waals surface area (Å²) in [5, 5.41) is 10.3. The molecule has 0 saturated carbocycles. The van der Waals surface area contributed by atoms with Gasteiger partial charge in [0.1, 0.15) is 5.82 Å². The second-order valence-corrected chi connectivity index (χ2v) is 3.51. The van der Waals surface area contributed by atoms with Crippen molar-refractivity contribution in [3.63, 3.8) is 0 Å². The summed E-state index contributed by atoms with van der Waals surface area (Å²) in [5.74, 6) is 0.652. The van der Waals surface area contributed by atoms with E-state index in [-0.39, 0.29) is 0 Å². The fourth-order valence-corrected chi connectivity index (χ4v) is 1.81. The van der Waals surface area contributed by atoms with Crippen molar-refractivity contribution >= 4 is 17.4 Å². The highest BCUT2D eigenvalue weighted by Gasteiger charge is 2.00. The van der Waals surface area contributed by atoms with Crippen LogP contribution in [0.2, 0.25) is 0 Å². The number of hydrogen-bond donors (Lipinski definition) is 1. The van der Waals surface area contributed by atoms with Gasteiger partial charge in [-0.1, -0.05) is 6.07 Å². The first-order valence-electron chi connectivity index (χ1n) is 4.12. The van der Waals surface area contributed by atoms with Gasteiger partial charge in [-0.2, -0.15) is 0 Å². The van der Waals surface area contributed by atoms with Gasteiger partial charge in [0.25, 0.3) is 0 Å². The van der Waals surface area contributed by atoms with E-state index in [9.17, 15) is 4.79 Å². The Bertz CT molecular complexity index is 530. The van der Waals surface area contributed by atoms with E-state index >= 15 is 0 Å². The van der Waals surface area contributed by atoms with Gasteiger partial charge in [-0.15, -0.1) is 16.3 Å². The largest absolute Gasteiger partial charge is 0.463 e. The standard InChI is InChI=1S/C9H7N3O2S/c13-9(14)11-8-12(5-6-15-8)7-3-1-2-4-10-7/h1-6H,(H,13,14)/b11-8+. The Kier molecular flexibility index (Phi) is 2.59. The Balaban J connectivity index is 2.56. The molecule has 0 unspecified atom stereocenters. The molecule has 0 aromatic carbocycles. The third kappa shape index (κ3) is 2.10. The van der Waals surface area contributed by atoms with Crippen LogP contribution >= 0.6 is 11.3 Å². The fraction of sp³-hybridized carbons (Fsp3) is 0. The summed E-state index contributed by atoms with van der Waals surface area (Å²) in [6.45, 7) is 0. The van der Waals surface area contributed by atoms with Crippen molar-refractivity contribution in [2.75, 3.05) is 0 Å². The van der Waals surface area contributed by atoms with E-state index in [1.54, 1.807) is 34.5 Å². The molecule has 2 rings (SSSR count). The number of pyridine rings is 1. The monoisotopic (exact) mass is 221 g/mol. The van der Waals surface area contributed by atoms with Crippen molar-refractivity contribution in [1.82, 2.24) is 9.55 Å². The summed E-state index contributed by atoms with van der Waals surface area (Å²) in [5.41, 5.74) is 0. The van der Waals surface area contributed by atoms with Gasteiger partial charge in [-0.25, -0.2) is 9.78 Å². The maximum Gasteiger partial charge on any atom is 0.433 e. The van der Waals surface area contributed by atoms with Crippen LogP contribution in [0.4, 0.5) is 4.79 Å². The molecule has 0 atom stereocenters. The molecule has 0 bridgehead atoms. The number of thiazole rings is 1. The van der Waals surface area contributed by atoms with Crippen molar-refractivity contribution in [1.29, 1.82) is 0 Å². The van der Waals surface area contributed by atoms with Gasteiger partial charge >= 0.3 is 6.09 Å². The van der Waals surface area contributed by atoms with Crippen LogP contribution in [0.1, 0.15) is 0 Å². The molecule has 6 heteroatoms. The number of carboxylic acid groups (broad SMARTS) is 1.